The van der Waals surface area contributed by atoms with E-state index in [2.05, 4.69) is 191 Å². The monoisotopic (exact) mass is 664 g/mol. The van der Waals surface area contributed by atoms with E-state index in [0.29, 0.717) is 0 Å². The number of hydrogen-bond acceptors (Lipinski definition) is 2. The number of para-hydroxylation sites is 3. The predicted octanol–water partition coefficient (Wildman–Crippen LogP) is 12.2. The van der Waals surface area contributed by atoms with Crippen molar-refractivity contribution in [3.8, 4) is 61.8 Å². The third-order valence-corrected chi connectivity index (χ3v) is 9.96. The zero-order chi connectivity index (χ0) is 34.4. The Morgan fingerprint density at radius 3 is 1.69 bits per heavy atom. The van der Waals surface area contributed by atoms with E-state index in [1.54, 1.807) is 0 Å². The van der Waals surface area contributed by atoms with Crippen LogP contribution in [0.2, 0.25) is 0 Å². The van der Waals surface area contributed by atoms with E-state index in [-0.39, 0.29) is 0 Å². The van der Waals surface area contributed by atoms with Crippen LogP contribution >= 0.6 is 0 Å². The molecule has 52 heavy (non-hydrogen) atoms. The zero-order valence-corrected chi connectivity index (χ0v) is 28.3. The first-order valence-electron chi connectivity index (χ1n) is 17.6. The first-order chi connectivity index (χ1) is 25.8. The van der Waals surface area contributed by atoms with Crippen LogP contribution in [-0.4, -0.2) is 19.2 Å². The molecule has 0 N–H and O–H groups in total. The van der Waals surface area contributed by atoms with Crippen molar-refractivity contribution in [3.05, 3.63) is 194 Å². The average Bonchev–Trinajstić information content (AvgIpc) is 3.82. The molecule has 0 radical (unpaired) electrons. The summed E-state index contributed by atoms with van der Waals surface area (Å²) in [6.45, 7) is 0. The maximum atomic E-state index is 5.36. The Hall–Kier alpha value is -7.04. The molecule has 3 aromatic heterocycles. The van der Waals surface area contributed by atoms with Gasteiger partial charge in [-0.15, -0.1) is 0 Å². The van der Waals surface area contributed by atoms with E-state index in [9.17, 15) is 0 Å². The van der Waals surface area contributed by atoms with Crippen LogP contribution in [-0.2, 0) is 0 Å². The number of nitrogens with zero attached hydrogens (tertiary/aromatic N) is 4. The van der Waals surface area contributed by atoms with Crippen molar-refractivity contribution in [1.82, 2.24) is 19.2 Å². The highest BCUT2D eigenvalue weighted by Gasteiger charge is 2.21. The molecule has 244 valence electrons. The predicted molar refractivity (Wildman–Crippen MR) is 215 cm³/mol. The fourth-order valence-corrected chi connectivity index (χ4v) is 7.47. The molecular formula is C48H32N4. The second kappa shape index (κ2) is 12.4. The Labute approximate surface area is 301 Å². The lowest BCUT2D eigenvalue weighted by Gasteiger charge is -2.12. The Kier molecular flexibility index (Phi) is 7.10. The summed E-state index contributed by atoms with van der Waals surface area (Å²) >= 11 is 0. The van der Waals surface area contributed by atoms with Gasteiger partial charge < -0.3 is 0 Å². The van der Waals surface area contributed by atoms with E-state index in [1.165, 1.54) is 10.8 Å². The second-order valence-electron chi connectivity index (χ2n) is 13.1. The summed E-state index contributed by atoms with van der Waals surface area (Å²) in [6, 6.07) is 68.4. The number of rotatable bonds is 6. The van der Waals surface area contributed by atoms with Crippen molar-refractivity contribution >= 4 is 27.3 Å². The van der Waals surface area contributed by atoms with Gasteiger partial charge in [-0.1, -0.05) is 164 Å². The molecule has 0 aliphatic heterocycles. The summed E-state index contributed by atoms with van der Waals surface area (Å²) in [7, 11) is 0. The molecule has 3 heterocycles. The molecule has 10 aromatic rings. The summed E-state index contributed by atoms with van der Waals surface area (Å²) in [5, 5.41) is 7.72. The number of pyridine rings is 1. The van der Waals surface area contributed by atoms with Gasteiger partial charge in [0.1, 0.15) is 11.5 Å². The van der Waals surface area contributed by atoms with Gasteiger partial charge in [-0.25, -0.2) is 9.50 Å². The molecule has 0 fully saturated rings. The van der Waals surface area contributed by atoms with Gasteiger partial charge in [-0.2, -0.15) is 5.10 Å². The van der Waals surface area contributed by atoms with Gasteiger partial charge in [0.2, 0.25) is 0 Å². The zero-order valence-electron chi connectivity index (χ0n) is 28.3. The third kappa shape index (κ3) is 5.00. The normalized spacial score (nSPS) is 11.5. The lowest BCUT2D eigenvalue weighted by atomic mass is 9.96. The van der Waals surface area contributed by atoms with Crippen LogP contribution in [0.25, 0.3) is 89.2 Å². The average molecular weight is 665 g/mol. The molecule has 0 saturated heterocycles. The van der Waals surface area contributed by atoms with E-state index >= 15 is 0 Å². The van der Waals surface area contributed by atoms with Crippen LogP contribution < -0.4 is 0 Å². The van der Waals surface area contributed by atoms with Crippen molar-refractivity contribution in [2.75, 3.05) is 0 Å². The molecule has 4 heteroatoms. The molecule has 0 spiro atoms. The van der Waals surface area contributed by atoms with Gasteiger partial charge in [0.05, 0.1) is 22.2 Å². The molecule has 0 atom stereocenters. The maximum absolute atomic E-state index is 5.36. The first-order valence-corrected chi connectivity index (χ1v) is 17.6. The van der Waals surface area contributed by atoms with Crippen molar-refractivity contribution in [1.29, 1.82) is 0 Å². The van der Waals surface area contributed by atoms with Gasteiger partial charge in [-0.05, 0) is 52.4 Å². The molecule has 10 rings (SSSR count). The minimum Gasteiger partial charge on any atom is -0.292 e. The van der Waals surface area contributed by atoms with Crippen molar-refractivity contribution in [2.45, 2.75) is 0 Å². The Morgan fingerprint density at radius 2 is 0.981 bits per heavy atom. The first kappa shape index (κ1) is 29.8. The smallest absolute Gasteiger partial charge is 0.145 e. The van der Waals surface area contributed by atoms with Crippen LogP contribution in [0, 0.1) is 0 Å². The van der Waals surface area contributed by atoms with Crippen LogP contribution in [0.1, 0.15) is 0 Å². The number of aromatic nitrogens is 4. The number of benzene rings is 7. The molecule has 0 saturated carbocycles. The fraction of sp³-hybridized carbons (Fsp3) is 0. The molecule has 4 nitrogen and oxygen atoms in total. The fourth-order valence-electron chi connectivity index (χ4n) is 7.47. The van der Waals surface area contributed by atoms with E-state index in [4.69, 9.17) is 10.1 Å². The number of imidazole rings is 1. The van der Waals surface area contributed by atoms with E-state index in [0.717, 1.165) is 78.4 Å². The van der Waals surface area contributed by atoms with Crippen molar-refractivity contribution < 1.29 is 0 Å². The number of fused-ring (bicyclic) bond motifs is 4. The van der Waals surface area contributed by atoms with E-state index < -0.39 is 0 Å². The van der Waals surface area contributed by atoms with Gasteiger partial charge in [0, 0.05) is 33.3 Å². The Bertz CT molecular complexity index is 2850. The molecule has 0 aliphatic carbocycles. The van der Waals surface area contributed by atoms with Gasteiger partial charge in [0.15, 0.2) is 0 Å². The molecule has 0 aliphatic rings. The van der Waals surface area contributed by atoms with Crippen LogP contribution in [0.5, 0.6) is 0 Å². The third-order valence-electron chi connectivity index (χ3n) is 9.96. The highest BCUT2D eigenvalue weighted by atomic mass is 15.2. The lowest BCUT2D eigenvalue weighted by molar-refractivity contribution is 0.979. The molecule has 0 bridgehead atoms. The van der Waals surface area contributed by atoms with E-state index in [1.807, 2.05) is 12.1 Å². The van der Waals surface area contributed by atoms with Gasteiger partial charge >= 0.3 is 0 Å². The summed E-state index contributed by atoms with van der Waals surface area (Å²) in [5.74, 6) is 0.929. The molecule has 0 unspecified atom stereocenters. The minimum atomic E-state index is 0.929. The quantitative estimate of drug-likeness (QED) is 0.177. The highest BCUT2D eigenvalue weighted by Crippen LogP contribution is 2.41. The lowest BCUT2D eigenvalue weighted by Crippen LogP contribution is -1.97. The minimum absolute atomic E-state index is 0.929. The summed E-state index contributed by atoms with van der Waals surface area (Å²) < 4.78 is 4.39. The van der Waals surface area contributed by atoms with Gasteiger partial charge in [-0.3, -0.25) is 4.57 Å². The van der Waals surface area contributed by atoms with Crippen LogP contribution in [0.15, 0.2) is 194 Å². The van der Waals surface area contributed by atoms with Crippen LogP contribution in [0.3, 0.4) is 0 Å². The summed E-state index contributed by atoms with van der Waals surface area (Å²) in [4.78, 5) is 5.05. The largest absolute Gasteiger partial charge is 0.292 e. The Morgan fingerprint density at radius 1 is 0.423 bits per heavy atom. The molecule has 7 aromatic carbocycles. The van der Waals surface area contributed by atoms with Crippen molar-refractivity contribution in [2.24, 2.45) is 0 Å². The van der Waals surface area contributed by atoms with Gasteiger partial charge in [0.25, 0.3) is 0 Å². The highest BCUT2D eigenvalue weighted by molar-refractivity contribution is 6.08. The maximum Gasteiger partial charge on any atom is 0.145 e. The summed E-state index contributed by atoms with van der Waals surface area (Å²) in [6.07, 6.45) is 0. The summed E-state index contributed by atoms with van der Waals surface area (Å²) in [5.41, 5.74) is 14.2. The molecular weight excluding hydrogens is 633 g/mol. The van der Waals surface area contributed by atoms with Crippen LogP contribution in [0.4, 0.5) is 0 Å². The molecule has 0 amide bonds. The number of hydrogen-bond donors (Lipinski definition) is 0. The Balaban J connectivity index is 1.07. The second-order valence-corrected chi connectivity index (χ2v) is 13.1. The van der Waals surface area contributed by atoms with Crippen molar-refractivity contribution in [3.63, 3.8) is 0 Å². The standard InChI is InChI=1S/C48H32N4/c1-4-14-36(15-5-1)45-46(37-16-6-2-7-17-37)50-52-44(32-39-18-10-11-21-41(39)47(45)52)35-28-24-33(25-29-35)34-26-30-38(31-27-34)48-49-42-22-12-13-23-43(42)51(48)40-19-8-3-9-20-40/h1-32H. The SMILES string of the molecule is c1ccc(-c2nn3c(-c4ccc(-c5ccc(-c6nc7ccccc7n6-c6ccccc6)cc5)cc4)cc4ccccc4c3c2-c2ccccc2)cc1. The topological polar surface area (TPSA) is 35.1 Å².